The number of rotatable bonds is 4. The lowest BCUT2D eigenvalue weighted by atomic mass is 10.0. The summed E-state index contributed by atoms with van der Waals surface area (Å²) in [5.74, 6) is 0.271. The number of hydrogen-bond donors (Lipinski definition) is 4. The van der Waals surface area contributed by atoms with E-state index in [1.165, 1.54) is 0 Å². The number of nitrogens with two attached hydrogens (primary N) is 1. The molecule has 0 aliphatic rings. The Hall–Kier alpha value is -2.69. The number of urea groups is 1. The van der Waals surface area contributed by atoms with Crippen LogP contribution in [0.15, 0.2) is 42.5 Å². The van der Waals surface area contributed by atoms with Crippen LogP contribution in [0.2, 0.25) is 0 Å². The Bertz CT molecular complexity index is 638. The summed E-state index contributed by atoms with van der Waals surface area (Å²) in [6.07, 6.45) is 0. The first-order valence-corrected chi connectivity index (χ1v) is 6.68. The number of phenolic OH excluding ortho intramolecular Hbond substituents is 1. The number of hydrogen-bond acceptors (Lipinski definition) is 3. The van der Waals surface area contributed by atoms with Crippen molar-refractivity contribution in [3.8, 4) is 5.75 Å². The molecule has 0 spiro atoms. The summed E-state index contributed by atoms with van der Waals surface area (Å²) >= 11 is 0. The highest BCUT2D eigenvalue weighted by atomic mass is 16.3. The van der Waals surface area contributed by atoms with Gasteiger partial charge >= 0.3 is 6.03 Å². The maximum atomic E-state index is 10.8. The molecule has 0 radical (unpaired) electrons. The van der Waals surface area contributed by atoms with Gasteiger partial charge in [0.25, 0.3) is 0 Å². The molecule has 0 heterocycles. The molecule has 2 amide bonds. The van der Waals surface area contributed by atoms with Gasteiger partial charge in [0.2, 0.25) is 0 Å². The normalized spacial score (nSPS) is 11.7. The molecule has 1 unspecified atom stereocenters. The lowest BCUT2D eigenvalue weighted by Gasteiger charge is -2.17. The molecule has 2 rings (SSSR count). The summed E-state index contributed by atoms with van der Waals surface area (Å²) in [6, 6.07) is 12.1. The van der Waals surface area contributed by atoms with E-state index in [0.29, 0.717) is 5.69 Å². The van der Waals surface area contributed by atoms with Gasteiger partial charge in [-0.15, -0.1) is 0 Å². The van der Waals surface area contributed by atoms with Gasteiger partial charge in [0.15, 0.2) is 0 Å². The number of primary amides is 1. The SMILES string of the molecule is Cc1ccc(O)c(C(C)Nc2ccc(NC(N)=O)cc2)c1. The zero-order valence-corrected chi connectivity index (χ0v) is 12.1. The summed E-state index contributed by atoms with van der Waals surface area (Å²) in [5.41, 5.74) is 8.52. The summed E-state index contributed by atoms with van der Waals surface area (Å²) in [6.45, 7) is 3.96. The molecule has 5 N–H and O–H groups in total. The van der Waals surface area contributed by atoms with Gasteiger partial charge in [-0.3, -0.25) is 0 Å². The van der Waals surface area contributed by atoms with E-state index in [-0.39, 0.29) is 11.8 Å². The Morgan fingerprint density at radius 1 is 1.14 bits per heavy atom. The molecule has 0 aliphatic heterocycles. The second kappa shape index (κ2) is 6.17. The second-order valence-electron chi connectivity index (χ2n) is 4.99. The minimum atomic E-state index is -0.589. The fraction of sp³-hybridized carbons (Fsp3) is 0.188. The van der Waals surface area contributed by atoms with E-state index in [4.69, 9.17) is 5.73 Å². The number of amides is 2. The number of anilines is 2. The molecular formula is C16H19N3O2. The molecule has 5 heteroatoms. The molecule has 0 saturated carbocycles. The van der Waals surface area contributed by atoms with Crippen molar-refractivity contribution in [1.82, 2.24) is 0 Å². The molecule has 0 fully saturated rings. The minimum absolute atomic E-state index is 0.0418. The maximum Gasteiger partial charge on any atom is 0.316 e. The number of carbonyl (C=O) groups excluding carboxylic acids is 1. The molecule has 0 aromatic heterocycles. The van der Waals surface area contributed by atoms with Crippen molar-refractivity contribution >= 4 is 17.4 Å². The number of phenols is 1. The third-order valence-electron chi connectivity index (χ3n) is 3.19. The molecule has 1 atom stereocenters. The van der Waals surface area contributed by atoms with Crippen LogP contribution in [0.1, 0.15) is 24.1 Å². The van der Waals surface area contributed by atoms with Gasteiger partial charge < -0.3 is 21.5 Å². The van der Waals surface area contributed by atoms with Gasteiger partial charge in [0, 0.05) is 16.9 Å². The van der Waals surface area contributed by atoms with Gasteiger partial charge in [-0.05, 0) is 44.2 Å². The van der Waals surface area contributed by atoms with Crippen molar-refractivity contribution < 1.29 is 9.90 Å². The fourth-order valence-electron chi connectivity index (χ4n) is 2.14. The van der Waals surface area contributed by atoms with Crippen LogP contribution in [0.4, 0.5) is 16.2 Å². The van der Waals surface area contributed by atoms with E-state index in [1.807, 2.05) is 38.1 Å². The molecule has 5 nitrogen and oxygen atoms in total. The van der Waals surface area contributed by atoms with E-state index in [9.17, 15) is 9.90 Å². The van der Waals surface area contributed by atoms with E-state index >= 15 is 0 Å². The van der Waals surface area contributed by atoms with Gasteiger partial charge in [0.1, 0.15) is 5.75 Å². The smallest absolute Gasteiger partial charge is 0.316 e. The van der Waals surface area contributed by atoms with Crippen molar-refractivity contribution in [2.75, 3.05) is 10.6 Å². The zero-order chi connectivity index (χ0) is 15.4. The second-order valence-corrected chi connectivity index (χ2v) is 4.99. The number of aryl methyl sites for hydroxylation is 1. The number of carbonyl (C=O) groups is 1. The molecule has 2 aromatic carbocycles. The standard InChI is InChI=1S/C16H19N3O2/c1-10-3-8-15(20)14(9-10)11(2)18-12-4-6-13(7-5-12)19-16(17)21/h3-9,11,18,20H,1-2H3,(H3,17,19,21). The van der Waals surface area contributed by atoms with Crippen molar-refractivity contribution in [3.05, 3.63) is 53.6 Å². The van der Waals surface area contributed by atoms with Crippen LogP contribution in [0.3, 0.4) is 0 Å². The van der Waals surface area contributed by atoms with Crippen LogP contribution in [0.25, 0.3) is 0 Å². The summed E-state index contributed by atoms with van der Waals surface area (Å²) in [5, 5.41) is 15.7. The van der Waals surface area contributed by atoms with E-state index in [0.717, 1.165) is 16.8 Å². The molecule has 110 valence electrons. The Kier molecular flexibility index (Phi) is 4.33. The first kappa shape index (κ1) is 14.7. The van der Waals surface area contributed by atoms with Crippen molar-refractivity contribution in [2.45, 2.75) is 19.9 Å². The molecule has 0 saturated heterocycles. The summed E-state index contributed by atoms with van der Waals surface area (Å²) in [7, 11) is 0. The average Bonchev–Trinajstić information content (AvgIpc) is 2.43. The Labute approximate surface area is 123 Å². The molecular weight excluding hydrogens is 266 g/mol. The highest BCUT2D eigenvalue weighted by Gasteiger charge is 2.10. The first-order chi connectivity index (χ1) is 9.95. The van der Waals surface area contributed by atoms with E-state index in [1.54, 1.807) is 18.2 Å². The fourth-order valence-corrected chi connectivity index (χ4v) is 2.14. The Morgan fingerprint density at radius 3 is 2.38 bits per heavy atom. The van der Waals surface area contributed by atoms with Gasteiger partial charge in [-0.2, -0.15) is 0 Å². The van der Waals surface area contributed by atoms with E-state index in [2.05, 4.69) is 10.6 Å². The summed E-state index contributed by atoms with van der Waals surface area (Å²) in [4.78, 5) is 10.8. The third kappa shape index (κ3) is 3.89. The van der Waals surface area contributed by atoms with Gasteiger partial charge in [-0.1, -0.05) is 17.7 Å². The van der Waals surface area contributed by atoms with Crippen LogP contribution in [0, 0.1) is 6.92 Å². The number of aromatic hydroxyl groups is 1. The van der Waals surface area contributed by atoms with E-state index < -0.39 is 6.03 Å². The van der Waals surface area contributed by atoms with Crippen LogP contribution >= 0.6 is 0 Å². The Balaban J connectivity index is 2.10. The van der Waals surface area contributed by atoms with Crippen LogP contribution < -0.4 is 16.4 Å². The maximum absolute atomic E-state index is 10.8. The van der Waals surface area contributed by atoms with Crippen LogP contribution in [-0.4, -0.2) is 11.1 Å². The van der Waals surface area contributed by atoms with Crippen molar-refractivity contribution in [1.29, 1.82) is 0 Å². The quantitative estimate of drug-likeness (QED) is 0.694. The largest absolute Gasteiger partial charge is 0.508 e. The number of benzene rings is 2. The minimum Gasteiger partial charge on any atom is -0.508 e. The van der Waals surface area contributed by atoms with Crippen molar-refractivity contribution in [3.63, 3.8) is 0 Å². The topological polar surface area (TPSA) is 87.4 Å². The lowest BCUT2D eigenvalue weighted by molar-refractivity contribution is 0.259. The molecule has 2 aromatic rings. The third-order valence-corrected chi connectivity index (χ3v) is 3.19. The molecule has 21 heavy (non-hydrogen) atoms. The first-order valence-electron chi connectivity index (χ1n) is 6.68. The van der Waals surface area contributed by atoms with Crippen LogP contribution in [0.5, 0.6) is 5.75 Å². The molecule has 0 aliphatic carbocycles. The average molecular weight is 285 g/mol. The Morgan fingerprint density at radius 2 is 1.76 bits per heavy atom. The van der Waals surface area contributed by atoms with Crippen LogP contribution in [-0.2, 0) is 0 Å². The van der Waals surface area contributed by atoms with Crippen molar-refractivity contribution in [2.24, 2.45) is 5.73 Å². The van der Waals surface area contributed by atoms with Gasteiger partial charge in [-0.25, -0.2) is 4.79 Å². The predicted molar refractivity (Wildman–Crippen MR) is 84.5 cm³/mol. The number of nitrogens with one attached hydrogen (secondary N) is 2. The highest BCUT2D eigenvalue weighted by Crippen LogP contribution is 2.28. The monoisotopic (exact) mass is 285 g/mol. The zero-order valence-electron chi connectivity index (χ0n) is 12.1. The molecule has 0 bridgehead atoms. The van der Waals surface area contributed by atoms with Gasteiger partial charge in [0.05, 0.1) is 6.04 Å². The lowest BCUT2D eigenvalue weighted by Crippen LogP contribution is -2.19. The highest BCUT2D eigenvalue weighted by molar-refractivity contribution is 5.87. The summed E-state index contributed by atoms with van der Waals surface area (Å²) < 4.78 is 0. The predicted octanol–water partition coefficient (Wildman–Crippen LogP) is 3.36.